The number of aliphatic hydroxyl groups is 1. The molecule has 1 aliphatic rings. The fourth-order valence-corrected chi connectivity index (χ4v) is 2.39. The summed E-state index contributed by atoms with van der Waals surface area (Å²) in [7, 11) is 0. The summed E-state index contributed by atoms with van der Waals surface area (Å²) in [6.07, 6.45) is -1.95. The zero-order chi connectivity index (χ0) is 15.5. The lowest BCUT2D eigenvalue weighted by Gasteiger charge is -2.28. The molecule has 0 aromatic heterocycles. The Morgan fingerprint density at radius 1 is 1.24 bits per heavy atom. The first-order valence-corrected chi connectivity index (χ1v) is 6.79. The van der Waals surface area contributed by atoms with Gasteiger partial charge >= 0.3 is 12.2 Å². The van der Waals surface area contributed by atoms with E-state index < -0.39 is 23.9 Å². The molecule has 21 heavy (non-hydrogen) atoms. The number of anilines is 1. The van der Waals surface area contributed by atoms with Crippen LogP contribution in [0.25, 0.3) is 0 Å². The van der Waals surface area contributed by atoms with Gasteiger partial charge in [0.2, 0.25) is 0 Å². The smallest absolute Gasteiger partial charge is 0.391 e. The number of rotatable bonds is 2. The van der Waals surface area contributed by atoms with E-state index in [1.54, 1.807) is 0 Å². The minimum absolute atomic E-state index is 0.0626. The Bertz CT molecular complexity index is 505. The van der Waals surface area contributed by atoms with E-state index in [4.69, 9.17) is 0 Å². The average Bonchev–Trinajstić information content (AvgIpc) is 2.41. The quantitative estimate of drug-likeness (QED) is 0.786. The van der Waals surface area contributed by atoms with Gasteiger partial charge in [0.25, 0.3) is 0 Å². The van der Waals surface area contributed by atoms with Gasteiger partial charge in [-0.15, -0.1) is 0 Å². The van der Waals surface area contributed by atoms with Crippen LogP contribution in [0.2, 0.25) is 0 Å². The first-order chi connectivity index (χ1) is 9.86. The van der Waals surface area contributed by atoms with Crippen molar-refractivity contribution < 1.29 is 23.1 Å². The molecule has 2 atom stereocenters. The fraction of sp³-hybridized carbons (Fsp3) is 0.500. The molecule has 1 aliphatic carbocycles. The van der Waals surface area contributed by atoms with Gasteiger partial charge in [-0.05, 0) is 31.0 Å². The Morgan fingerprint density at radius 3 is 2.62 bits per heavy atom. The largest absolute Gasteiger partial charge is 0.416 e. The maximum atomic E-state index is 12.6. The topological polar surface area (TPSA) is 61.4 Å². The molecule has 3 N–H and O–H groups in total. The number of amides is 2. The summed E-state index contributed by atoms with van der Waals surface area (Å²) in [6.45, 7) is 0. The molecule has 0 bridgehead atoms. The van der Waals surface area contributed by atoms with Crippen molar-refractivity contribution in [2.45, 2.75) is 44.0 Å². The van der Waals surface area contributed by atoms with E-state index in [2.05, 4.69) is 10.6 Å². The van der Waals surface area contributed by atoms with Crippen molar-refractivity contribution in [1.82, 2.24) is 5.32 Å². The number of nitrogens with one attached hydrogen (secondary N) is 2. The summed E-state index contributed by atoms with van der Waals surface area (Å²) in [5.41, 5.74) is -0.759. The van der Waals surface area contributed by atoms with Crippen LogP contribution in [0.3, 0.4) is 0 Å². The van der Waals surface area contributed by atoms with Crippen molar-refractivity contribution in [2.24, 2.45) is 0 Å². The zero-order valence-corrected chi connectivity index (χ0v) is 11.3. The lowest BCUT2D eigenvalue weighted by Crippen LogP contribution is -2.46. The van der Waals surface area contributed by atoms with Gasteiger partial charge in [-0.25, -0.2) is 4.79 Å². The summed E-state index contributed by atoms with van der Waals surface area (Å²) >= 11 is 0. The van der Waals surface area contributed by atoms with Gasteiger partial charge in [0.15, 0.2) is 0 Å². The highest BCUT2D eigenvalue weighted by Gasteiger charge is 2.30. The predicted molar refractivity (Wildman–Crippen MR) is 71.9 cm³/mol. The molecular formula is C14H17F3N2O2. The SMILES string of the molecule is O=C(Nc1cccc(C(F)(F)F)c1)N[C@@H]1CCCC[C@H]1O. The van der Waals surface area contributed by atoms with E-state index in [1.165, 1.54) is 12.1 Å². The standard InChI is InChI=1S/C14H17F3N2O2/c15-14(16,17)9-4-3-5-10(8-9)18-13(21)19-11-6-1-2-7-12(11)20/h3-5,8,11-12,20H,1-2,6-7H2,(H2,18,19,21)/t11-,12-/m1/s1. The highest BCUT2D eigenvalue weighted by Crippen LogP contribution is 2.30. The molecular weight excluding hydrogens is 285 g/mol. The monoisotopic (exact) mass is 302 g/mol. The third-order valence-electron chi connectivity index (χ3n) is 3.49. The molecule has 7 heteroatoms. The number of aliphatic hydroxyl groups excluding tert-OH is 1. The lowest BCUT2D eigenvalue weighted by molar-refractivity contribution is -0.137. The average molecular weight is 302 g/mol. The Hall–Kier alpha value is -1.76. The number of benzene rings is 1. The van der Waals surface area contributed by atoms with Gasteiger partial charge in [0.1, 0.15) is 0 Å². The number of carbonyl (C=O) groups is 1. The van der Waals surface area contributed by atoms with E-state index in [0.717, 1.165) is 25.0 Å². The van der Waals surface area contributed by atoms with Gasteiger partial charge in [0, 0.05) is 5.69 Å². The Balaban J connectivity index is 1.96. The second-order valence-corrected chi connectivity index (χ2v) is 5.14. The fourth-order valence-electron chi connectivity index (χ4n) is 2.39. The van der Waals surface area contributed by atoms with Crippen LogP contribution >= 0.6 is 0 Å². The van der Waals surface area contributed by atoms with Crippen molar-refractivity contribution in [3.8, 4) is 0 Å². The summed E-state index contributed by atoms with van der Waals surface area (Å²) in [4.78, 5) is 11.8. The highest BCUT2D eigenvalue weighted by atomic mass is 19.4. The summed E-state index contributed by atoms with van der Waals surface area (Å²) in [5.74, 6) is 0. The molecule has 116 valence electrons. The number of hydrogen-bond donors (Lipinski definition) is 3. The second kappa shape index (κ2) is 6.34. The van der Waals surface area contributed by atoms with Crippen LogP contribution < -0.4 is 10.6 Å². The number of hydrogen-bond acceptors (Lipinski definition) is 2. The zero-order valence-electron chi connectivity index (χ0n) is 11.3. The maximum Gasteiger partial charge on any atom is 0.416 e. The molecule has 0 unspecified atom stereocenters. The molecule has 0 heterocycles. The molecule has 1 aromatic rings. The number of alkyl halides is 3. The van der Waals surface area contributed by atoms with Crippen LogP contribution in [0.1, 0.15) is 31.2 Å². The molecule has 4 nitrogen and oxygen atoms in total. The van der Waals surface area contributed by atoms with E-state index >= 15 is 0 Å². The molecule has 0 radical (unpaired) electrons. The molecule has 0 saturated heterocycles. The third kappa shape index (κ3) is 4.35. The van der Waals surface area contributed by atoms with Crippen molar-refractivity contribution in [2.75, 3.05) is 5.32 Å². The molecule has 0 aliphatic heterocycles. The maximum absolute atomic E-state index is 12.6. The number of urea groups is 1. The van der Waals surface area contributed by atoms with E-state index in [1.807, 2.05) is 0 Å². The van der Waals surface area contributed by atoms with Crippen molar-refractivity contribution >= 4 is 11.7 Å². The van der Waals surface area contributed by atoms with E-state index in [9.17, 15) is 23.1 Å². The van der Waals surface area contributed by atoms with Gasteiger partial charge < -0.3 is 15.7 Å². The van der Waals surface area contributed by atoms with E-state index in [-0.39, 0.29) is 11.7 Å². The van der Waals surface area contributed by atoms with Gasteiger partial charge in [-0.3, -0.25) is 0 Å². The summed E-state index contributed by atoms with van der Waals surface area (Å²) in [5, 5.41) is 14.7. The van der Waals surface area contributed by atoms with Crippen LogP contribution in [0, 0.1) is 0 Å². The van der Waals surface area contributed by atoms with Gasteiger partial charge in [0.05, 0.1) is 17.7 Å². The Kier molecular flexibility index (Phi) is 4.72. The van der Waals surface area contributed by atoms with Gasteiger partial charge in [-0.2, -0.15) is 13.2 Å². The van der Waals surface area contributed by atoms with E-state index in [0.29, 0.717) is 12.8 Å². The second-order valence-electron chi connectivity index (χ2n) is 5.14. The minimum Gasteiger partial charge on any atom is -0.391 e. The molecule has 1 aromatic carbocycles. The normalized spacial score (nSPS) is 22.7. The third-order valence-corrected chi connectivity index (χ3v) is 3.49. The van der Waals surface area contributed by atoms with Crippen molar-refractivity contribution in [3.05, 3.63) is 29.8 Å². The van der Waals surface area contributed by atoms with Crippen molar-refractivity contribution in [1.29, 1.82) is 0 Å². The number of halogens is 3. The number of carbonyl (C=O) groups excluding carboxylic acids is 1. The molecule has 2 rings (SSSR count). The first kappa shape index (κ1) is 15.6. The van der Waals surface area contributed by atoms with Crippen LogP contribution in [0.15, 0.2) is 24.3 Å². The van der Waals surface area contributed by atoms with Gasteiger partial charge in [-0.1, -0.05) is 18.9 Å². The lowest BCUT2D eigenvalue weighted by atomic mass is 9.93. The predicted octanol–water partition coefficient (Wildman–Crippen LogP) is 3.13. The molecule has 1 fully saturated rings. The Morgan fingerprint density at radius 2 is 1.95 bits per heavy atom. The highest BCUT2D eigenvalue weighted by molar-refractivity contribution is 5.89. The van der Waals surface area contributed by atoms with Crippen LogP contribution in [-0.2, 0) is 6.18 Å². The first-order valence-electron chi connectivity index (χ1n) is 6.79. The minimum atomic E-state index is -4.45. The molecule has 0 spiro atoms. The summed E-state index contributed by atoms with van der Waals surface area (Å²) < 4.78 is 37.7. The molecule has 1 saturated carbocycles. The van der Waals surface area contributed by atoms with Crippen molar-refractivity contribution in [3.63, 3.8) is 0 Å². The Labute approximate surface area is 120 Å². The summed E-state index contributed by atoms with van der Waals surface area (Å²) in [6, 6.07) is 3.45. The van der Waals surface area contributed by atoms with Crippen LogP contribution in [0.5, 0.6) is 0 Å². The molecule has 2 amide bonds. The van der Waals surface area contributed by atoms with Crippen LogP contribution in [0.4, 0.5) is 23.7 Å². The van der Waals surface area contributed by atoms with Crippen LogP contribution in [-0.4, -0.2) is 23.3 Å².